The molecule has 3 amide bonds. The van der Waals surface area contributed by atoms with Gasteiger partial charge in [-0.3, -0.25) is 24.5 Å². The minimum Gasteiger partial charge on any atom is -0.339 e. The van der Waals surface area contributed by atoms with Gasteiger partial charge < -0.3 is 4.90 Å². The first-order chi connectivity index (χ1) is 12.9. The first-order valence-corrected chi connectivity index (χ1v) is 8.45. The van der Waals surface area contributed by atoms with Crippen molar-refractivity contribution in [3.8, 4) is 0 Å². The molecule has 0 saturated heterocycles. The number of nitro benzene ring substituents is 1. The zero-order valence-electron chi connectivity index (χ0n) is 14.8. The average molecular weight is 367 g/mol. The van der Waals surface area contributed by atoms with Crippen LogP contribution < -0.4 is 4.90 Å². The highest BCUT2D eigenvalue weighted by Gasteiger charge is 2.37. The summed E-state index contributed by atoms with van der Waals surface area (Å²) in [5, 5.41) is 11.0. The molecule has 3 rings (SSSR count). The molecule has 0 aromatic heterocycles. The summed E-state index contributed by atoms with van der Waals surface area (Å²) in [5.41, 5.74) is 0.500. The number of nitrogens with zero attached hydrogens (tertiary/aromatic N) is 3. The summed E-state index contributed by atoms with van der Waals surface area (Å²) in [6.07, 6.45) is 0. The van der Waals surface area contributed by atoms with Crippen molar-refractivity contribution in [3.05, 3.63) is 69.3 Å². The van der Waals surface area contributed by atoms with Gasteiger partial charge in [0.25, 0.3) is 23.4 Å². The van der Waals surface area contributed by atoms with Gasteiger partial charge in [0.05, 0.1) is 21.7 Å². The number of amides is 3. The molecule has 0 aliphatic carbocycles. The van der Waals surface area contributed by atoms with Gasteiger partial charge >= 0.3 is 0 Å². The maximum absolute atomic E-state index is 12.8. The fraction of sp³-hybridized carbons (Fsp3) is 0.211. The fourth-order valence-corrected chi connectivity index (χ4v) is 3.05. The Morgan fingerprint density at radius 1 is 1.04 bits per heavy atom. The summed E-state index contributed by atoms with van der Waals surface area (Å²) in [4.78, 5) is 50.8. The van der Waals surface area contributed by atoms with E-state index in [9.17, 15) is 24.5 Å². The third-order valence-corrected chi connectivity index (χ3v) is 4.48. The molecule has 0 atom stereocenters. The topological polar surface area (TPSA) is 101 Å². The van der Waals surface area contributed by atoms with Gasteiger partial charge in [-0.15, -0.1) is 0 Å². The lowest BCUT2D eigenvalue weighted by atomic mass is 10.0. The quantitative estimate of drug-likeness (QED) is 0.459. The highest BCUT2D eigenvalue weighted by molar-refractivity contribution is 6.34. The summed E-state index contributed by atoms with van der Waals surface area (Å²) in [6, 6.07) is 9.69. The molecular formula is C19H17N3O5. The van der Waals surface area contributed by atoms with Crippen LogP contribution in [0.3, 0.4) is 0 Å². The summed E-state index contributed by atoms with van der Waals surface area (Å²) in [6.45, 7) is 4.76. The van der Waals surface area contributed by atoms with Crippen molar-refractivity contribution >= 4 is 29.1 Å². The predicted molar refractivity (Wildman–Crippen MR) is 97.9 cm³/mol. The molecular weight excluding hydrogens is 350 g/mol. The predicted octanol–water partition coefficient (Wildman–Crippen LogP) is 2.88. The van der Waals surface area contributed by atoms with Crippen LogP contribution in [0.5, 0.6) is 0 Å². The second kappa shape index (κ2) is 6.99. The van der Waals surface area contributed by atoms with E-state index in [1.54, 1.807) is 4.90 Å². The highest BCUT2D eigenvalue weighted by Crippen LogP contribution is 2.31. The van der Waals surface area contributed by atoms with Gasteiger partial charge in [-0.1, -0.05) is 6.07 Å². The largest absolute Gasteiger partial charge is 0.339 e. The van der Waals surface area contributed by atoms with Crippen LogP contribution in [0.15, 0.2) is 42.5 Å². The van der Waals surface area contributed by atoms with E-state index in [2.05, 4.69) is 0 Å². The number of carbonyl (C=O) groups excluding carboxylic acids is 3. The maximum Gasteiger partial charge on any atom is 0.271 e. The molecule has 0 saturated carbocycles. The minimum atomic E-state index is -0.607. The van der Waals surface area contributed by atoms with Crippen molar-refractivity contribution in [2.24, 2.45) is 0 Å². The van der Waals surface area contributed by atoms with E-state index in [4.69, 9.17) is 0 Å². The first-order valence-electron chi connectivity index (χ1n) is 8.45. The SMILES string of the molecule is CCN(CC)C(=O)c1ccc2c(c1)C(=O)N(c1cccc([N+](=O)[O-])c1)C2=O. The summed E-state index contributed by atoms with van der Waals surface area (Å²) in [5.74, 6) is -1.40. The van der Waals surface area contributed by atoms with Crippen LogP contribution in [-0.4, -0.2) is 40.6 Å². The summed E-state index contributed by atoms with van der Waals surface area (Å²) in [7, 11) is 0. The second-order valence-corrected chi connectivity index (χ2v) is 5.96. The van der Waals surface area contributed by atoms with Crippen LogP contribution >= 0.6 is 0 Å². The number of carbonyl (C=O) groups is 3. The van der Waals surface area contributed by atoms with Crippen LogP contribution in [0.25, 0.3) is 0 Å². The monoisotopic (exact) mass is 367 g/mol. The van der Waals surface area contributed by atoms with Gasteiger partial charge in [-0.25, -0.2) is 4.90 Å². The molecule has 1 aliphatic heterocycles. The number of fused-ring (bicyclic) bond motifs is 1. The molecule has 27 heavy (non-hydrogen) atoms. The molecule has 0 fully saturated rings. The number of non-ortho nitro benzene ring substituents is 1. The van der Waals surface area contributed by atoms with E-state index < -0.39 is 16.7 Å². The lowest BCUT2D eigenvalue weighted by Gasteiger charge is -2.18. The van der Waals surface area contributed by atoms with E-state index in [-0.39, 0.29) is 28.4 Å². The lowest BCUT2D eigenvalue weighted by Crippen LogP contribution is -2.30. The van der Waals surface area contributed by atoms with Crippen molar-refractivity contribution in [1.82, 2.24) is 4.90 Å². The third-order valence-electron chi connectivity index (χ3n) is 4.48. The number of benzene rings is 2. The normalized spacial score (nSPS) is 12.9. The average Bonchev–Trinajstić information content (AvgIpc) is 2.92. The van der Waals surface area contributed by atoms with Gasteiger partial charge in [0.1, 0.15) is 0 Å². The van der Waals surface area contributed by atoms with E-state index in [1.807, 2.05) is 13.8 Å². The Bertz CT molecular complexity index is 966. The fourth-order valence-electron chi connectivity index (χ4n) is 3.05. The van der Waals surface area contributed by atoms with Crippen molar-refractivity contribution in [1.29, 1.82) is 0 Å². The summed E-state index contributed by atoms with van der Waals surface area (Å²) >= 11 is 0. The van der Waals surface area contributed by atoms with Crippen LogP contribution in [0.2, 0.25) is 0 Å². The number of nitro groups is 1. The molecule has 0 bridgehead atoms. The molecule has 1 heterocycles. The molecule has 8 heteroatoms. The first kappa shape index (κ1) is 18.2. The standard InChI is InChI=1S/C19H17N3O5/c1-3-20(4-2)17(23)12-8-9-15-16(10-12)19(25)21(18(15)24)13-6-5-7-14(11-13)22(26)27/h5-11H,3-4H2,1-2H3. The van der Waals surface area contributed by atoms with Crippen LogP contribution in [0.4, 0.5) is 11.4 Å². The second-order valence-electron chi connectivity index (χ2n) is 5.96. The molecule has 0 N–H and O–H groups in total. The lowest BCUT2D eigenvalue weighted by molar-refractivity contribution is -0.384. The van der Waals surface area contributed by atoms with Crippen LogP contribution in [-0.2, 0) is 0 Å². The van der Waals surface area contributed by atoms with Gasteiger partial charge in [-0.05, 0) is 38.1 Å². The smallest absolute Gasteiger partial charge is 0.271 e. The Kier molecular flexibility index (Phi) is 4.72. The Morgan fingerprint density at radius 3 is 2.33 bits per heavy atom. The van der Waals surface area contributed by atoms with Crippen molar-refractivity contribution < 1.29 is 19.3 Å². The zero-order chi connectivity index (χ0) is 19.7. The molecule has 0 unspecified atom stereocenters. The van der Waals surface area contributed by atoms with Crippen molar-refractivity contribution in [2.75, 3.05) is 18.0 Å². The van der Waals surface area contributed by atoms with Gasteiger partial charge in [0.2, 0.25) is 0 Å². The Hall–Kier alpha value is -3.55. The molecule has 0 radical (unpaired) electrons. The Balaban J connectivity index is 2.00. The molecule has 138 valence electrons. The minimum absolute atomic E-state index is 0.115. The van der Waals surface area contributed by atoms with Crippen LogP contribution in [0.1, 0.15) is 44.9 Å². The Labute approximate surface area is 155 Å². The van der Waals surface area contributed by atoms with Gasteiger partial charge in [-0.2, -0.15) is 0 Å². The van der Waals surface area contributed by atoms with E-state index in [0.717, 1.165) is 4.90 Å². The molecule has 2 aromatic rings. The van der Waals surface area contributed by atoms with Gasteiger partial charge in [0.15, 0.2) is 0 Å². The van der Waals surface area contributed by atoms with E-state index in [1.165, 1.54) is 42.5 Å². The molecule has 0 spiro atoms. The van der Waals surface area contributed by atoms with Crippen molar-refractivity contribution in [2.45, 2.75) is 13.8 Å². The highest BCUT2D eigenvalue weighted by atomic mass is 16.6. The number of rotatable bonds is 5. The maximum atomic E-state index is 12.8. The molecule has 1 aliphatic rings. The molecule has 2 aromatic carbocycles. The van der Waals surface area contributed by atoms with E-state index >= 15 is 0 Å². The third kappa shape index (κ3) is 3.05. The Morgan fingerprint density at radius 2 is 1.70 bits per heavy atom. The number of hydrogen-bond donors (Lipinski definition) is 0. The molecule has 8 nitrogen and oxygen atoms in total. The van der Waals surface area contributed by atoms with Gasteiger partial charge in [0, 0.05) is 30.8 Å². The van der Waals surface area contributed by atoms with Crippen molar-refractivity contribution in [3.63, 3.8) is 0 Å². The van der Waals surface area contributed by atoms with Crippen LogP contribution in [0, 0.1) is 10.1 Å². The summed E-state index contributed by atoms with van der Waals surface area (Å²) < 4.78 is 0. The number of hydrogen-bond acceptors (Lipinski definition) is 5. The zero-order valence-corrected chi connectivity index (χ0v) is 14.8. The van der Waals surface area contributed by atoms with E-state index in [0.29, 0.717) is 18.7 Å². The number of anilines is 1. The number of imide groups is 1.